The van der Waals surface area contributed by atoms with Gasteiger partial charge in [-0.25, -0.2) is 14.7 Å². The van der Waals surface area contributed by atoms with E-state index in [4.69, 9.17) is 9.73 Å². The molecule has 0 bridgehead atoms. The van der Waals surface area contributed by atoms with E-state index >= 15 is 0 Å². The molecular weight excluding hydrogens is 442 g/mol. The third kappa shape index (κ3) is 3.25. The number of benzene rings is 2. The van der Waals surface area contributed by atoms with E-state index in [9.17, 15) is 8.78 Å². The Labute approximate surface area is 193 Å². The van der Waals surface area contributed by atoms with Crippen LogP contribution in [0.3, 0.4) is 0 Å². The van der Waals surface area contributed by atoms with Crippen LogP contribution in [-0.4, -0.2) is 42.7 Å². The van der Waals surface area contributed by atoms with Crippen molar-refractivity contribution in [1.29, 1.82) is 0 Å². The molecule has 0 fully saturated rings. The predicted octanol–water partition coefficient (Wildman–Crippen LogP) is 4.26. The van der Waals surface area contributed by atoms with Crippen LogP contribution in [0.15, 0.2) is 66.0 Å². The van der Waals surface area contributed by atoms with Crippen LogP contribution < -0.4 is 4.74 Å². The molecule has 1 atom stereocenters. The van der Waals surface area contributed by atoms with Gasteiger partial charge in [-0.3, -0.25) is 4.57 Å². The van der Waals surface area contributed by atoms with Crippen LogP contribution in [0.4, 0.5) is 8.78 Å². The van der Waals surface area contributed by atoms with E-state index in [1.165, 1.54) is 12.1 Å². The minimum absolute atomic E-state index is 0.0370. The minimum atomic E-state index is -2.92. The summed E-state index contributed by atoms with van der Waals surface area (Å²) in [6.07, 6.45) is 3.78. The lowest BCUT2D eigenvalue weighted by molar-refractivity contribution is -0.0498. The molecule has 0 N–H and O–H groups in total. The number of hydrogen-bond donors (Lipinski definition) is 0. The van der Waals surface area contributed by atoms with E-state index in [-0.39, 0.29) is 11.8 Å². The Kier molecular flexibility index (Phi) is 4.51. The maximum Gasteiger partial charge on any atom is 0.387 e. The largest absolute Gasteiger partial charge is 0.468 e. The summed E-state index contributed by atoms with van der Waals surface area (Å²) in [5.74, 6) is 0.502. The van der Waals surface area contributed by atoms with Crippen molar-refractivity contribution in [3.05, 3.63) is 83.7 Å². The van der Waals surface area contributed by atoms with Crippen LogP contribution >= 0.6 is 0 Å². The molecular formula is C24H20F2N6O2. The number of alkyl halides is 2. The number of nitrogens with zero attached hydrogens (tertiary/aromatic N) is 6. The van der Waals surface area contributed by atoms with E-state index in [0.29, 0.717) is 29.4 Å². The van der Waals surface area contributed by atoms with Crippen LogP contribution in [0.5, 0.6) is 5.75 Å². The van der Waals surface area contributed by atoms with Crippen molar-refractivity contribution < 1.29 is 18.3 Å². The Morgan fingerprint density at radius 2 is 1.94 bits per heavy atom. The normalized spacial score (nSPS) is 17.9. The van der Waals surface area contributed by atoms with Crippen molar-refractivity contribution in [3.8, 4) is 17.1 Å². The first-order chi connectivity index (χ1) is 16.4. The summed E-state index contributed by atoms with van der Waals surface area (Å²) in [6, 6.07) is 14.6. The Morgan fingerprint density at radius 3 is 2.74 bits per heavy atom. The average molecular weight is 462 g/mol. The van der Waals surface area contributed by atoms with Crippen molar-refractivity contribution in [2.75, 3.05) is 0 Å². The van der Waals surface area contributed by atoms with E-state index in [1.54, 1.807) is 23.3 Å². The number of aliphatic imine (C=N–C) groups is 1. The van der Waals surface area contributed by atoms with Gasteiger partial charge in [0.15, 0.2) is 0 Å². The molecule has 34 heavy (non-hydrogen) atoms. The number of ether oxygens (including phenoxy) is 2. The summed E-state index contributed by atoms with van der Waals surface area (Å²) in [5.41, 5.74) is 4.01. The monoisotopic (exact) mass is 462 g/mol. The van der Waals surface area contributed by atoms with Crippen LogP contribution in [0, 0.1) is 0 Å². The fourth-order valence-corrected chi connectivity index (χ4v) is 4.56. The molecule has 0 radical (unpaired) electrons. The second-order valence-corrected chi connectivity index (χ2v) is 8.71. The average Bonchev–Trinajstić information content (AvgIpc) is 3.49. The zero-order chi connectivity index (χ0) is 23.4. The van der Waals surface area contributed by atoms with Gasteiger partial charge in [-0.15, -0.1) is 5.10 Å². The highest BCUT2D eigenvalue weighted by Crippen LogP contribution is 2.40. The molecule has 172 valence electrons. The highest BCUT2D eigenvalue weighted by atomic mass is 19.3. The third-order valence-corrected chi connectivity index (χ3v) is 6.08. The molecule has 0 aliphatic carbocycles. The molecule has 4 aromatic rings. The zero-order valence-corrected chi connectivity index (χ0v) is 18.4. The van der Waals surface area contributed by atoms with Crippen LogP contribution in [-0.2, 0) is 11.2 Å². The lowest BCUT2D eigenvalue weighted by Gasteiger charge is -2.25. The fourth-order valence-electron chi connectivity index (χ4n) is 4.56. The Hall–Kier alpha value is -4.08. The lowest BCUT2D eigenvalue weighted by Crippen LogP contribution is -2.28. The van der Waals surface area contributed by atoms with Crippen molar-refractivity contribution in [3.63, 3.8) is 0 Å². The Morgan fingerprint density at radius 1 is 1.12 bits per heavy atom. The summed E-state index contributed by atoms with van der Waals surface area (Å²) in [6.45, 7) is 1.09. The smallest absolute Gasteiger partial charge is 0.387 e. The third-order valence-electron chi connectivity index (χ3n) is 6.08. The number of fused-ring (bicyclic) bond motifs is 5. The first kappa shape index (κ1) is 20.5. The SMILES string of the molecule is CC1(C)OC(c2ncn3c2Cc2cnnn2-c2cc(OC(F)F)ccc2-3)=N[C@H]1c1ccccc1. The highest BCUT2D eigenvalue weighted by Gasteiger charge is 2.41. The number of hydrogen-bond acceptors (Lipinski definition) is 6. The standard InChI is InChI=1S/C24H20F2N6O2/c1-24(2)21(14-6-4-3-5-7-14)29-22(34-24)20-19-10-15-12-28-30-32(15)18-11-16(33-23(25)26)8-9-17(18)31(19)13-27-20/h3-9,11-13,21,23H,10H2,1-2H3/t21-/m0/s1. The van der Waals surface area contributed by atoms with Crippen molar-refractivity contribution in [2.24, 2.45) is 4.99 Å². The van der Waals surface area contributed by atoms with E-state index in [1.807, 2.05) is 48.7 Å². The summed E-state index contributed by atoms with van der Waals surface area (Å²) < 4.78 is 40.1. The van der Waals surface area contributed by atoms with Gasteiger partial charge in [0.1, 0.15) is 29.4 Å². The van der Waals surface area contributed by atoms with Gasteiger partial charge < -0.3 is 9.47 Å². The van der Waals surface area contributed by atoms with Gasteiger partial charge in [0.2, 0.25) is 5.90 Å². The number of aromatic nitrogens is 5. The van der Waals surface area contributed by atoms with Crippen molar-refractivity contribution in [2.45, 2.75) is 38.5 Å². The number of rotatable bonds is 4. The molecule has 4 heterocycles. The molecule has 0 saturated carbocycles. The van der Waals surface area contributed by atoms with Crippen LogP contribution in [0.1, 0.15) is 42.5 Å². The molecule has 0 amide bonds. The topological polar surface area (TPSA) is 79.3 Å². The molecule has 2 aliphatic rings. The van der Waals surface area contributed by atoms with Gasteiger partial charge in [0.25, 0.3) is 0 Å². The molecule has 8 nitrogen and oxygen atoms in total. The summed E-state index contributed by atoms with van der Waals surface area (Å²) in [5, 5.41) is 8.20. The van der Waals surface area contributed by atoms with Crippen LogP contribution in [0.25, 0.3) is 11.4 Å². The molecule has 10 heteroatoms. The fraction of sp³-hybridized carbons (Fsp3) is 0.250. The van der Waals surface area contributed by atoms with Crippen molar-refractivity contribution in [1.82, 2.24) is 24.5 Å². The highest BCUT2D eigenvalue weighted by molar-refractivity contribution is 5.95. The van der Waals surface area contributed by atoms with Gasteiger partial charge >= 0.3 is 6.61 Å². The number of imidazole rings is 1. The van der Waals surface area contributed by atoms with E-state index in [0.717, 1.165) is 17.0 Å². The maximum atomic E-state index is 12.8. The van der Waals surface area contributed by atoms with Gasteiger partial charge in [-0.1, -0.05) is 35.5 Å². The number of halogens is 2. The summed E-state index contributed by atoms with van der Waals surface area (Å²) in [7, 11) is 0. The molecule has 2 aromatic heterocycles. The lowest BCUT2D eigenvalue weighted by atomic mass is 9.93. The molecule has 2 aliphatic heterocycles. The molecule has 0 spiro atoms. The second-order valence-electron chi connectivity index (χ2n) is 8.71. The van der Waals surface area contributed by atoms with Gasteiger partial charge in [0.05, 0.1) is 29.0 Å². The quantitative estimate of drug-likeness (QED) is 0.399. The molecule has 0 saturated heterocycles. The Bertz CT molecular complexity index is 1410. The zero-order valence-electron chi connectivity index (χ0n) is 18.4. The summed E-state index contributed by atoms with van der Waals surface area (Å²) in [4.78, 5) is 9.56. The first-order valence-electron chi connectivity index (χ1n) is 10.8. The van der Waals surface area contributed by atoms with E-state index in [2.05, 4.69) is 20.0 Å². The van der Waals surface area contributed by atoms with E-state index < -0.39 is 12.2 Å². The molecule has 0 unspecified atom stereocenters. The van der Waals surface area contributed by atoms with Gasteiger partial charge in [-0.2, -0.15) is 8.78 Å². The molecule has 6 rings (SSSR count). The minimum Gasteiger partial charge on any atom is -0.468 e. The molecule has 2 aromatic carbocycles. The first-order valence-corrected chi connectivity index (χ1v) is 10.8. The second kappa shape index (κ2) is 7.47. The van der Waals surface area contributed by atoms with Gasteiger partial charge in [-0.05, 0) is 31.5 Å². The van der Waals surface area contributed by atoms with Crippen molar-refractivity contribution >= 4 is 5.90 Å². The predicted molar refractivity (Wildman–Crippen MR) is 119 cm³/mol. The van der Waals surface area contributed by atoms with Gasteiger partial charge in [0, 0.05) is 12.5 Å². The Balaban J connectivity index is 1.47. The summed E-state index contributed by atoms with van der Waals surface area (Å²) >= 11 is 0. The van der Waals surface area contributed by atoms with Crippen LogP contribution in [0.2, 0.25) is 0 Å². The maximum absolute atomic E-state index is 12.8.